The lowest BCUT2D eigenvalue weighted by Crippen LogP contribution is -2.21. The van der Waals surface area contributed by atoms with Crippen molar-refractivity contribution in [2.75, 3.05) is 0 Å². The van der Waals surface area contributed by atoms with Gasteiger partial charge in [0.05, 0.1) is 12.2 Å². The Kier molecular flexibility index (Phi) is 4.18. The van der Waals surface area contributed by atoms with Crippen LogP contribution in [0.4, 0.5) is 4.39 Å². The summed E-state index contributed by atoms with van der Waals surface area (Å²) < 4.78 is 15.9. The Bertz CT molecular complexity index is 1170. The van der Waals surface area contributed by atoms with Crippen molar-refractivity contribution in [3.63, 3.8) is 0 Å². The van der Waals surface area contributed by atoms with Crippen molar-refractivity contribution < 1.29 is 4.39 Å². The predicted molar refractivity (Wildman–Crippen MR) is 96.4 cm³/mol. The van der Waals surface area contributed by atoms with Gasteiger partial charge in [0.2, 0.25) is 0 Å². The molecular formula is C17H10Cl2FN5O. The maximum absolute atomic E-state index is 13.1. The number of hydrogen-bond acceptors (Lipinski definition) is 4. The van der Waals surface area contributed by atoms with Crippen LogP contribution >= 0.6 is 23.2 Å². The number of fused-ring (bicyclic) bond motifs is 1. The summed E-state index contributed by atoms with van der Waals surface area (Å²) in [5.41, 5.74) is 1.33. The number of hydrogen-bond donors (Lipinski definition) is 0. The largest absolute Gasteiger partial charge is 0.293 e. The molecule has 130 valence electrons. The van der Waals surface area contributed by atoms with Gasteiger partial charge in [-0.25, -0.2) is 9.37 Å². The van der Waals surface area contributed by atoms with Crippen LogP contribution in [0.2, 0.25) is 10.0 Å². The van der Waals surface area contributed by atoms with Crippen molar-refractivity contribution >= 4 is 34.4 Å². The molecule has 0 bridgehead atoms. The van der Waals surface area contributed by atoms with Crippen LogP contribution in [-0.2, 0) is 6.54 Å². The van der Waals surface area contributed by atoms with Crippen LogP contribution in [0.3, 0.4) is 0 Å². The fraction of sp³-hybridized carbons (Fsp3) is 0.0588. The third-order valence-electron chi connectivity index (χ3n) is 3.86. The Labute approximate surface area is 156 Å². The minimum Gasteiger partial charge on any atom is -0.293 e. The SMILES string of the molecule is O=c1c2nnn(-c3ccc(F)cc3)c2ncn1Cc1ccc(Cl)cc1Cl. The molecule has 26 heavy (non-hydrogen) atoms. The zero-order valence-electron chi connectivity index (χ0n) is 13.1. The summed E-state index contributed by atoms with van der Waals surface area (Å²) in [7, 11) is 0. The number of benzene rings is 2. The van der Waals surface area contributed by atoms with E-state index in [1.807, 2.05) is 0 Å². The van der Waals surface area contributed by atoms with Crippen LogP contribution in [0.1, 0.15) is 5.56 Å². The average Bonchev–Trinajstić information content (AvgIpc) is 3.05. The van der Waals surface area contributed by atoms with Crippen LogP contribution in [0, 0.1) is 5.82 Å². The number of rotatable bonds is 3. The first-order valence-electron chi connectivity index (χ1n) is 7.53. The van der Waals surface area contributed by atoms with Gasteiger partial charge in [0.15, 0.2) is 11.2 Å². The molecule has 0 fully saturated rings. The van der Waals surface area contributed by atoms with Crippen LogP contribution in [-0.4, -0.2) is 24.5 Å². The highest BCUT2D eigenvalue weighted by Gasteiger charge is 2.14. The minimum atomic E-state index is -0.367. The molecular weight excluding hydrogens is 380 g/mol. The Hall–Kier alpha value is -2.77. The summed E-state index contributed by atoms with van der Waals surface area (Å²) in [6, 6.07) is 10.7. The molecule has 0 amide bonds. The molecule has 0 radical (unpaired) electrons. The van der Waals surface area contributed by atoms with Crippen molar-refractivity contribution in [1.82, 2.24) is 24.5 Å². The third kappa shape index (κ3) is 2.95. The molecule has 2 aromatic heterocycles. The van der Waals surface area contributed by atoms with E-state index in [4.69, 9.17) is 23.2 Å². The summed E-state index contributed by atoms with van der Waals surface area (Å²) in [6.45, 7) is 0.223. The van der Waals surface area contributed by atoms with Crippen molar-refractivity contribution in [2.45, 2.75) is 6.54 Å². The zero-order chi connectivity index (χ0) is 18.3. The fourth-order valence-electron chi connectivity index (χ4n) is 2.55. The molecule has 0 aliphatic heterocycles. The first kappa shape index (κ1) is 16.7. The van der Waals surface area contributed by atoms with E-state index in [0.29, 0.717) is 21.4 Å². The van der Waals surface area contributed by atoms with Gasteiger partial charge >= 0.3 is 0 Å². The lowest BCUT2D eigenvalue weighted by Gasteiger charge is -2.07. The Morgan fingerprint density at radius 1 is 1.08 bits per heavy atom. The fourth-order valence-corrected chi connectivity index (χ4v) is 3.01. The van der Waals surface area contributed by atoms with Crippen LogP contribution < -0.4 is 5.56 Å². The molecule has 0 saturated heterocycles. The van der Waals surface area contributed by atoms with E-state index in [0.717, 1.165) is 5.56 Å². The van der Waals surface area contributed by atoms with Gasteiger partial charge < -0.3 is 0 Å². The first-order chi connectivity index (χ1) is 12.5. The summed E-state index contributed by atoms with van der Waals surface area (Å²) in [5.74, 6) is -0.367. The van der Waals surface area contributed by atoms with E-state index in [9.17, 15) is 9.18 Å². The molecule has 0 aliphatic rings. The smallest absolute Gasteiger partial charge is 0.283 e. The second kappa shape index (κ2) is 6.51. The molecule has 4 aromatic rings. The van der Waals surface area contributed by atoms with E-state index in [1.165, 1.54) is 39.8 Å². The number of nitrogens with zero attached hydrogens (tertiary/aromatic N) is 5. The van der Waals surface area contributed by atoms with E-state index in [2.05, 4.69) is 15.3 Å². The van der Waals surface area contributed by atoms with Crippen molar-refractivity contribution in [3.8, 4) is 5.69 Å². The maximum atomic E-state index is 13.1. The summed E-state index contributed by atoms with van der Waals surface area (Å²) in [4.78, 5) is 17.0. The van der Waals surface area contributed by atoms with Crippen LogP contribution in [0.5, 0.6) is 0 Å². The van der Waals surface area contributed by atoms with Crippen molar-refractivity contribution in [2.24, 2.45) is 0 Å². The third-order valence-corrected chi connectivity index (χ3v) is 4.44. The molecule has 0 aliphatic carbocycles. The van der Waals surface area contributed by atoms with Gasteiger partial charge in [0.25, 0.3) is 5.56 Å². The summed E-state index contributed by atoms with van der Waals surface area (Å²) in [5, 5.41) is 8.86. The second-order valence-electron chi connectivity index (χ2n) is 5.56. The van der Waals surface area contributed by atoms with Crippen LogP contribution in [0.15, 0.2) is 53.6 Å². The lowest BCUT2D eigenvalue weighted by atomic mass is 10.2. The van der Waals surface area contributed by atoms with Crippen LogP contribution in [0.25, 0.3) is 16.9 Å². The predicted octanol–water partition coefficient (Wildman–Crippen LogP) is 3.47. The molecule has 2 heterocycles. The monoisotopic (exact) mass is 389 g/mol. The average molecular weight is 390 g/mol. The Balaban J connectivity index is 1.76. The molecule has 0 spiro atoms. The topological polar surface area (TPSA) is 65.6 Å². The Morgan fingerprint density at radius 2 is 1.85 bits per heavy atom. The molecule has 2 aromatic carbocycles. The zero-order valence-corrected chi connectivity index (χ0v) is 14.6. The van der Waals surface area contributed by atoms with E-state index in [-0.39, 0.29) is 23.4 Å². The molecule has 0 N–H and O–H groups in total. The van der Waals surface area contributed by atoms with Gasteiger partial charge in [-0.2, -0.15) is 4.68 Å². The van der Waals surface area contributed by atoms with Crippen molar-refractivity contribution in [1.29, 1.82) is 0 Å². The highest BCUT2D eigenvalue weighted by Crippen LogP contribution is 2.21. The van der Waals surface area contributed by atoms with Gasteiger partial charge in [-0.15, -0.1) is 5.10 Å². The Morgan fingerprint density at radius 3 is 2.58 bits per heavy atom. The van der Waals surface area contributed by atoms with Crippen molar-refractivity contribution in [3.05, 3.63) is 80.6 Å². The molecule has 6 nitrogen and oxygen atoms in total. The molecule has 4 rings (SSSR count). The van der Waals surface area contributed by atoms with E-state index >= 15 is 0 Å². The van der Waals surface area contributed by atoms with E-state index in [1.54, 1.807) is 18.2 Å². The lowest BCUT2D eigenvalue weighted by molar-refractivity contribution is 0.627. The first-order valence-corrected chi connectivity index (χ1v) is 8.29. The highest BCUT2D eigenvalue weighted by molar-refractivity contribution is 6.35. The van der Waals surface area contributed by atoms with Gasteiger partial charge in [0.1, 0.15) is 12.1 Å². The normalized spacial score (nSPS) is 11.2. The number of aromatic nitrogens is 5. The van der Waals surface area contributed by atoms with Gasteiger partial charge in [0, 0.05) is 10.0 Å². The molecule has 0 atom stereocenters. The summed E-state index contributed by atoms with van der Waals surface area (Å²) in [6.07, 6.45) is 1.40. The summed E-state index contributed by atoms with van der Waals surface area (Å²) >= 11 is 12.1. The van der Waals surface area contributed by atoms with Gasteiger partial charge in [-0.3, -0.25) is 9.36 Å². The minimum absolute atomic E-state index is 0.113. The standard InChI is InChI=1S/C17H10Cl2FN5O/c18-11-2-1-10(14(19)7-11)8-24-9-21-16-15(17(24)26)22-23-25(16)13-5-3-12(20)4-6-13/h1-7,9H,8H2. The second-order valence-corrected chi connectivity index (χ2v) is 6.41. The van der Waals surface area contributed by atoms with E-state index < -0.39 is 0 Å². The maximum Gasteiger partial charge on any atom is 0.283 e. The van der Waals surface area contributed by atoms with Gasteiger partial charge in [-0.1, -0.05) is 34.5 Å². The number of halogens is 3. The molecule has 0 saturated carbocycles. The highest BCUT2D eigenvalue weighted by atomic mass is 35.5. The molecule has 0 unspecified atom stereocenters. The quantitative estimate of drug-likeness (QED) is 0.537. The van der Waals surface area contributed by atoms with Gasteiger partial charge in [-0.05, 0) is 42.0 Å². The molecule has 9 heteroatoms.